The number of nitrogens with one attached hydrogen (secondary N) is 2. The van der Waals surface area contributed by atoms with Crippen molar-refractivity contribution in [2.45, 2.75) is 24.7 Å². The van der Waals surface area contributed by atoms with Crippen molar-refractivity contribution < 1.29 is 27.4 Å². The van der Waals surface area contributed by atoms with Crippen molar-refractivity contribution in [2.24, 2.45) is 0 Å². The molecule has 0 unspecified atom stereocenters. The van der Waals surface area contributed by atoms with Gasteiger partial charge in [0.1, 0.15) is 5.82 Å². The minimum absolute atomic E-state index is 0.0694. The van der Waals surface area contributed by atoms with E-state index in [1.165, 1.54) is 12.1 Å². The van der Waals surface area contributed by atoms with Gasteiger partial charge in [-0.1, -0.05) is 23.7 Å². The SMILES string of the molecule is O=C(Nc1cccc(Cl)c1)c1cc2n(n1)[C@@H](C(F)(F)F)C[C@H](c1ccc3c(c1)OCO3)N2. The molecule has 7 nitrogen and oxygen atoms in total. The maximum Gasteiger partial charge on any atom is 0.410 e. The normalized spacial score (nSPS) is 19.2. The number of halogens is 4. The van der Waals surface area contributed by atoms with Gasteiger partial charge >= 0.3 is 6.18 Å². The van der Waals surface area contributed by atoms with Gasteiger partial charge in [-0.25, -0.2) is 4.68 Å². The Morgan fingerprint density at radius 1 is 1.16 bits per heavy atom. The summed E-state index contributed by atoms with van der Waals surface area (Å²) in [6, 6.07) is 10.2. The summed E-state index contributed by atoms with van der Waals surface area (Å²) in [5.74, 6) is 0.476. The van der Waals surface area contributed by atoms with Gasteiger partial charge in [0.25, 0.3) is 5.91 Å². The fourth-order valence-corrected chi connectivity index (χ4v) is 3.98. The lowest BCUT2D eigenvalue weighted by atomic mass is 9.96. The van der Waals surface area contributed by atoms with Crippen LogP contribution in [-0.2, 0) is 0 Å². The molecule has 32 heavy (non-hydrogen) atoms. The predicted octanol–water partition coefficient (Wildman–Crippen LogP) is 5.18. The van der Waals surface area contributed by atoms with E-state index in [0.717, 1.165) is 4.68 Å². The molecule has 0 fully saturated rings. The van der Waals surface area contributed by atoms with Crippen LogP contribution in [0.3, 0.4) is 0 Å². The molecule has 0 spiro atoms. The predicted molar refractivity (Wildman–Crippen MR) is 110 cm³/mol. The zero-order chi connectivity index (χ0) is 22.5. The molecule has 2 aliphatic heterocycles. The van der Waals surface area contributed by atoms with Crippen molar-refractivity contribution in [3.63, 3.8) is 0 Å². The molecule has 1 aromatic heterocycles. The van der Waals surface area contributed by atoms with Crippen molar-refractivity contribution in [3.05, 3.63) is 64.8 Å². The number of anilines is 2. The van der Waals surface area contributed by atoms with Gasteiger partial charge in [0.05, 0.1) is 6.04 Å². The summed E-state index contributed by atoms with van der Waals surface area (Å²) < 4.78 is 53.1. The number of benzene rings is 2. The van der Waals surface area contributed by atoms with Crippen LogP contribution in [0, 0.1) is 0 Å². The van der Waals surface area contributed by atoms with Crippen LogP contribution >= 0.6 is 11.6 Å². The molecule has 0 saturated carbocycles. The Balaban J connectivity index is 1.45. The molecular weight excluding hydrogens is 449 g/mol. The van der Waals surface area contributed by atoms with Crippen molar-refractivity contribution >= 4 is 29.0 Å². The molecule has 3 heterocycles. The van der Waals surface area contributed by atoms with E-state index >= 15 is 0 Å². The fourth-order valence-electron chi connectivity index (χ4n) is 3.79. The number of hydrogen-bond donors (Lipinski definition) is 2. The van der Waals surface area contributed by atoms with E-state index in [0.29, 0.717) is 27.8 Å². The molecule has 5 rings (SSSR count). The Kier molecular flexibility index (Phi) is 4.89. The second-order valence-electron chi connectivity index (χ2n) is 7.43. The Morgan fingerprint density at radius 2 is 1.97 bits per heavy atom. The average Bonchev–Trinajstić information content (AvgIpc) is 3.38. The summed E-state index contributed by atoms with van der Waals surface area (Å²) in [4.78, 5) is 12.6. The van der Waals surface area contributed by atoms with Crippen molar-refractivity contribution in [1.29, 1.82) is 0 Å². The second-order valence-corrected chi connectivity index (χ2v) is 7.86. The van der Waals surface area contributed by atoms with Gasteiger partial charge in [-0.05, 0) is 35.9 Å². The molecular formula is C21H16ClF3N4O3. The summed E-state index contributed by atoms with van der Waals surface area (Å²) in [5.41, 5.74) is 0.876. The summed E-state index contributed by atoms with van der Waals surface area (Å²) in [5, 5.41) is 10.0. The van der Waals surface area contributed by atoms with E-state index in [1.807, 2.05) is 0 Å². The first-order chi connectivity index (χ1) is 15.3. The number of fused-ring (bicyclic) bond motifs is 2. The van der Waals surface area contributed by atoms with Crippen LogP contribution in [0.2, 0.25) is 5.02 Å². The molecule has 166 valence electrons. The van der Waals surface area contributed by atoms with Crippen LogP contribution < -0.4 is 20.1 Å². The lowest BCUT2D eigenvalue weighted by molar-refractivity contribution is -0.173. The first-order valence-electron chi connectivity index (χ1n) is 9.67. The molecule has 11 heteroatoms. The van der Waals surface area contributed by atoms with Gasteiger partial charge in [0.15, 0.2) is 23.2 Å². The number of nitrogens with zero attached hydrogens (tertiary/aromatic N) is 2. The monoisotopic (exact) mass is 464 g/mol. The van der Waals surface area contributed by atoms with Gasteiger partial charge in [-0.15, -0.1) is 0 Å². The van der Waals surface area contributed by atoms with E-state index in [4.69, 9.17) is 21.1 Å². The summed E-state index contributed by atoms with van der Waals surface area (Å²) in [6.07, 6.45) is -4.86. The van der Waals surface area contributed by atoms with Gasteiger partial charge in [-0.2, -0.15) is 18.3 Å². The third-order valence-corrected chi connectivity index (χ3v) is 5.54. The number of aromatic nitrogens is 2. The first kappa shape index (κ1) is 20.5. The molecule has 0 bridgehead atoms. The molecule has 1 amide bonds. The van der Waals surface area contributed by atoms with Crippen LogP contribution in [0.25, 0.3) is 0 Å². The van der Waals surface area contributed by atoms with Gasteiger partial charge < -0.3 is 20.1 Å². The highest BCUT2D eigenvalue weighted by Gasteiger charge is 2.47. The van der Waals surface area contributed by atoms with Gasteiger partial charge in [0, 0.05) is 23.2 Å². The highest BCUT2D eigenvalue weighted by Crippen LogP contribution is 2.45. The molecule has 0 aliphatic carbocycles. The van der Waals surface area contributed by atoms with Crippen LogP contribution in [0.1, 0.15) is 34.6 Å². The number of rotatable bonds is 3. The van der Waals surface area contributed by atoms with Crippen LogP contribution in [0.15, 0.2) is 48.5 Å². The third-order valence-electron chi connectivity index (χ3n) is 5.30. The molecule has 2 atom stereocenters. The van der Waals surface area contributed by atoms with E-state index in [2.05, 4.69) is 15.7 Å². The zero-order valence-corrected chi connectivity index (χ0v) is 17.1. The summed E-state index contributed by atoms with van der Waals surface area (Å²) in [7, 11) is 0. The number of carbonyl (C=O) groups is 1. The Morgan fingerprint density at radius 3 is 2.75 bits per heavy atom. The smallest absolute Gasteiger partial charge is 0.410 e. The van der Waals surface area contributed by atoms with E-state index in [1.54, 1.807) is 36.4 Å². The molecule has 0 saturated heterocycles. The molecule has 0 radical (unpaired) electrons. The maximum atomic E-state index is 13.9. The largest absolute Gasteiger partial charge is 0.454 e. The standard InChI is InChI=1S/C21H16ClF3N4O3/c22-12-2-1-3-13(7-12)26-20(30)15-9-19-27-14(8-18(21(23,24)25)29(19)28-15)11-4-5-16-17(6-11)32-10-31-16/h1-7,9,14,18,27H,8,10H2,(H,26,30)/t14-,18-/m1/s1. The van der Waals surface area contributed by atoms with Gasteiger partial charge in [0.2, 0.25) is 6.79 Å². The maximum absolute atomic E-state index is 13.9. The van der Waals surface area contributed by atoms with E-state index in [-0.39, 0.29) is 24.7 Å². The highest BCUT2D eigenvalue weighted by molar-refractivity contribution is 6.30. The van der Waals surface area contributed by atoms with Crippen LogP contribution in [0.4, 0.5) is 24.7 Å². The third kappa shape index (κ3) is 3.81. The molecule has 2 N–H and O–H groups in total. The van der Waals surface area contributed by atoms with Crippen LogP contribution in [0.5, 0.6) is 11.5 Å². The van der Waals surface area contributed by atoms with Crippen molar-refractivity contribution in [3.8, 4) is 11.5 Å². The number of alkyl halides is 3. The summed E-state index contributed by atoms with van der Waals surface area (Å²) in [6.45, 7) is 0.0694. The number of carbonyl (C=O) groups excluding carboxylic acids is 1. The first-order valence-corrected chi connectivity index (χ1v) is 10.0. The topological polar surface area (TPSA) is 77.4 Å². The van der Waals surface area contributed by atoms with Gasteiger partial charge in [-0.3, -0.25) is 4.79 Å². The quantitative estimate of drug-likeness (QED) is 0.558. The minimum atomic E-state index is -4.56. The number of hydrogen-bond acceptors (Lipinski definition) is 5. The van der Waals surface area contributed by atoms with E-state index < -0.39 is 24.2 Å². The average molecular weight is 465 g/mol. The fraction of sp³-hybridized carbons (Fsp3) is 0.238. The Labute approximate surface area is 185 Å². The van der Waals surface area contributed by atoms with E-state index in [9.17, 15) is 18.0 Å². The lowest BCUT2D eigenvalue weighted by Gasteiger charge is -2.33. The van der Waals surface area contributed by atoms with Crippen LogP contribution in [-0.4, -0.2) is 28.7 Å². The number of amides is 1. The Hall–Kier alpha value is -3.40. The molecule has 2 aromatic carbocycles. The molecule has 3 aromatic rings. The van der Waals surface area contributed by atoms with Crippen molar-refractivity contribution in [2.75, 3.05) is 17.4 Å². The summed E-state index contributed by atoms with van der Waals surface area (Å²) >= 11 is 5.91. The lowest BCUT2D eigenvalue weighted by Crippen LogP contribution is -2.35. The minimum Gasteiger partial charge on any atom is -0.454 e. The highest BCUT2D eigenvalue weighted by atomic mass is 35.5. The molecule has 2 aliphatic rings. The van der Waals surface area contributed by atoms with Crippen molar-refractivity contribution in [1.82, 2.24) is 9.78 Å². The Bertz CT molecular complexity index is 1200. The number of ether oxygens (including phenoxy) is 2. The second kappa shape index (κ2) is 7.63. The zero-order valence-electron chi connectivity index (χ0n) is 16.3.